The molecule has 0 N–H and O–H groups in total. The third-order valence-electron chi connectivity index (χ3n) is 2.61. The number of halogens is 1. The molecule has 1 aromatic heterocycles. The van der Waals surface area contributed by atoms with Gasteiger partial charge in [-0.15, -0.1) is 17.8 Å². The highest BCUT2D eigenvalue weighted by atomic mass is 79.9. The highest BCUT2D eigenvalue weighted by Crippen LogP contribution is 2.38. The molecular weight excluding hydrogens is 298 g/mol. The van der Waals surface area contributed by atoms with Gasteiger partial charge in [0.15, 0.2) is 5.01 Å². The summed E-state index contributed by atoms with van der Waals surface area (Å²) in [6.45, 7) is 0.669. The lowest BCUT2D eigenvalue weighted by atomic mass is 10.1. The van der Waals surface area contributed by atoms with Gasteiger partial charge in [0.2, 0.25) is 0 Å². The molecule has 3 rings (SSSR count). The Morgan fingerprint density at radius 3 is 3.18 bits per heavy atom. The molecule has 0 atom stereocenters. The first-order valence-electron chi connectivity index (χ1n) is 5.17. The quantitative estimate of drug-likeness (QED) is 0.695. The number of ether oxygens (including phenoxy) is 1. The molecular formula is C13H8BrNOS. The van der Waals surface area contributed by atoms with Crippen molar-refractivity contribution in [1.82, 2.24) is 4.98 Å². The number of benzene rings is 1. The smallest absolute Gasteiger partial charge is 0.167 e. The van der Waals surface area contributed by atoms with E-state index < -0.39 is 0 Å². The van der Waals surface area contributed by atoms with E-state index in [9.17, 15) is 0 Å². The summed E-state index contributed by atoms with van der Waals surface area (Å²) in [4.78, 5) is 5.69. The molecule has 0 unspecified atom stereocenters. The Labute approximate surface area is 112 Å². The minimum Gasteiger partial charge on any atom is -0.492 e. The van der Waals surface area contributed by atoms with Gasteiger partial charge < -0.3 is 4.74 Å². The van der Waals surface area contributed by atoms with Crippen molar-refractivity contribution < 1.29 is 4.74 Å². The molecule has 0 saturated heterocycles. The summed E-state index contributed by atoms with van der Waals surface area (Å²) in [6, 6.07) is 5.98. The Bertz CT molecular complexity index is 627. The van der Waals surface area contributed by atoms with Crippen LogP contribution in [0.5, 0.6) is 5.75 Å². The summed E-state index contributed by atoms with van der Waals surface area (Å²) in [5.74, 6) is 3.47. The zero-order valence-electron chi connectivity index (χ0n) is 8.87. The molecule has 2 nitrogen and oxygen atoms in total. The van der Waals surface area contributed by atoms with Crippen molar-refractivity contribution in [2.24, 2.45) is 0 Å². The van der Waals surface area contributed by atoms with E-state index in [1.54, 1.807) is 11.3 Å². The molecule has 0 saturated carbocycles. The second-order valence-corrected chi connectivity index (χ2v) is 5.67. The van der Waals surface area contributed by atoms with Crippen molar-refractivity contribution in [3.8, 4) is 29.4 Å². The molecule has 1 aromatic carbocycles. The highest BCUT2D eigenvalue weighted by Gasteiger charge is 2.19. The molecule has 0 amide bonds. The van der Waals surface area contributed by atoms with Crippen molar-refractivity contribution in [1.29, 1.82) is 0 Å². The molecule has 0 aliphatic carbocycles. The Morgan fingerprint density at radius 2 is 2.35 bits per heavy atom. The van der Waals surface area contributed by atoms with Crippen LogP contribution in [0.4, 0.5) is 0 Å². The Balaban J connectivity index is 2.23. The lowest BCUT2D eigenvalue weighted by Gasteiger charge is -2.06. The molecule has 17 heavy (non-hydrogen) atoms. The predicted molar refractivity (Wildman–Crippen MR) is 72.4 cm³/mol. The fourth-order valence-electron chi connectivity index (χ4n) is 1.86. The molecule has 0 bridgehead atoms. The summed E-state index contributed by atoms with van der Waals surface area (Å²) in [7, 11) is 0. The maximum atomic E-state index is 5.73. The summed E-state index contributed by atoms with van der Waals surface area (Å²) in [5, 5.41) is 0.741. The predicted octanol–water partition coefficient (Wildman–Crippen LogP) is 3.49. The minimum atomic E-state index is 0.669. The summed E-state index contributed by atoms with van der Waals surface area (Å²) in [6.07, 6.45) is 6.27. The largest absolute Gasteiger partial charge is 0.492 e. The number of fused-ring (bicyclic) bond motifs is 3. The topological polar surface area (TPSA) is 22.1 Å². The van der Waals surface area contributed by atoms with Gasteiger partial charge in [-0.1, -0.05) is 15.9 Å². The lowest BCUT2D eigenvalue weighted by Crippen LogP contribution is -1.97. The van der Waals surface area contributed by atoms with Gasteiger partial charge in [0.25, 0.3) is 0 Å². The first-order valence-corrected chi connectivity index (χ1v) is 6.78. The summed E-state index contributed by atoms with van der Waals surface area (Å²) in [5.41, 5.74) is 2.00. The third-order valence-corrected chi connectivity index (χ3v) is 4.15. The van der Waals surface area contributed by atoms with E-state index in [0.717, 1.165) is 32.9 Å². The molecule has 84 valence electrons. The zero-order valence-corrected chi connectivity index (χ0v) is 11.3. The van der Waals surface area contributed by atoms with Crippen molar-refractivity contribution in [3.05, 3.63) is 32.6 Å². The van der Waals surface area contributed by atoms with Gasteiger partial charge in [-0.25, -0.2) is 4.98 Å². The van der Waals surface area contributed by atoms with Crippen LogP contribution in [0.3, 0.4) is 0 Å². The van der Waals surface area contributed by atoms with E-state index in [0.29, 0.717) is 6.61 Å². The monoisotopic (exact) mass is 305 g/mol. The number of rotatable bonds is 0. The maximum Gasteiger partial charge on any atom is 0.167 e. The average Bonchev–Trinajstić information content (AvgIpc) is 2.66. The maximum absolute atomic E-state index is 5.73. The Hall–Kier alpha value is -1.31. The summed E-state index contributed by atoms with van der Waals surface area (Å²) >= 11 is 5.02. The van der Waals surface area contributed by atoms with Gasteiger partial charge in [-0.05, 0) is 24.1 Å². The van der Waals surface area contributed by atoms with Gasteiger partial charge in [-0.2, -0.15) is 0 Å². The molecule has 2 heterocycles. The fraction of sp³-hybridized carbons (Fsp3) is 0.154. The van der Waals surface area contributed by atoms with Crippen LogP contribution in [0.25, 0.3) is 11.3 Å². The number of terminal acetylenes is 1. The second-order valence-electron chi connectivity index (χ2n) is 3.67. The van der Waals surface area contributed by atoms with E-state index in [1.807, 2.05) is 18.2 Å². The van der Waals surface area contributed by atoms with Crippen LogP contribution in [0.2, 0.25) is 0 Å². The van der Waals surface area contributed by atoms with Gasteiger partial charge in [0.05, 0.1) is 12.3 Å². The molecule has 0 fully saturated rings. The van der Waals surface area contributed by atoms with E-state index in [1.165, 1.54) is 4.88 Å². The molecule has 4 heteroatoms. The van der Waals surface area contributed by atoms with Gasteiger partial charge >= 0.3 is 0 Å². The van der Waals surface area contributed by atoms with E-state index in [4.69, 9.17) is 11.2 Å². The van der Waals surface area contributed by atoms with Gasteiger partial charge in [0, 0.05) is 21.3 Å². The van der Waals surface area contributed by atoms with Crippen LogP contribution in [0, 0.1) is 12.3 Å². The van der Waals surface area contributed by atoms with Crippen LogP contribution < -0.4 is 4.74 Å². The zero-order chi connectivity index (χ0) is 11.8. The SMILES string of the molecule is C#Cc1nc2c(s1)CCOc1cc(Br)ccc1-2. The number of nitrogens with zero attached hydrogens (tertiary/aromatic N) is 1. The average molecular weight is 306 g/mol. The highest BCUT2D eigenvalue weighted by molar-refractivity contribution is 9.10. The van der Waals surface area contributed by atoms with Crippen LogP contribution in [-0.2, 0) is 6.42 Å². The lowest BCUT2D eigenvalue weighted by molar-refractivity contribution is 0.327. The number of hydrogen-bond acceptors (Lipinski definition) is 3. The van der Waals surface area contributed by atoms with Gasteiger partial charge in [-0.3, -0.25) is 0 Å². The molecule has 1 aliphatic heterocycles. The van der Waals surface area contributed by atoms with Gasteiger partial charge in [0.1, 0.15) is 5.75 Å². The summed E-state index contributed by atoms with van der Waals surface area (Å²) < 4.78 is 6.74. The van der Waals surface area contributed by atoms with Crippen LogP contribution in [0.1, 0.15) is 9.88 Å². The van der Waals surface area contributed by atoms with Crippen molar-refractivity contribution >= 4 is 27.3 Å². The molecule has 1 aliphatic rings. The van der Waals surface area contributed by atoms with Crippen molar-refractivity contribution in [2.45, 2.75) is 6.42 Å². The number of aromatic nitrogens is 1. The molecule has 0 radical (unpaired) electrons. The molecule has 0 spiro atoms. The standard InChI is InChI=1S/C13H8BrNOS/c1-2-12-15-13-9-4-3-8(14)7-10(9)16-6-5-11(13)17-12/h1,3-4,7H,5-6H2. The normalized spacial score (nSPS) is 12.9. The van der Waals surface area contributed by atoms with Crippen LogP contribution >= 0.6 is 27.3 Å². The Kier molecular flexibility index (Phi) is 2.65. The number of thiazole rings is 1. The first kappa shape index (κ1) is 10.8. The van der Waals surface area contributed by atoms with Crippen LogP contribution in [-0.4, -0.2) is 11.6 Å². The van der Waals surface area contributed by atoms with Crippen LogP contribution in [0.15, 0.2) is 22.7 Å². The third kappa shape index (κ3) is 1.86. The Morgan fingerprint density at radius 1 is 1.47 bits per heavy atom. The van der Waals surface area contributed by atoms with E-state index in [2.05, 4.69) is 26.8 Å². The van der Waals surface area contributed by atoms with E-state index in [-0.39, 0.29) is 0 Å². The number of hydrogen-bond donors (Lipinski definition) is 0. The van der Waals surface area contributed by atoms with E-state index >= 15 is 0 Å². The van der Waals surface area contributed by atoms with Crippen molar-refractivity contribution in [2.75, 3.05) is 6.61 Å². The molecule has 2 aromatic rings. The first-order chi connectivity index (χ1) is 8.28. The minimum absolute atomic E-state index is 0.669. The second kappa shape index (κ2) is 4.17. The fourth-order valence-corrected chi connectivity index (χ4v) is 3.07. The van der Waals surface area contributed by atoms with Crippen molar-refractivity contribution in [3.63, 3.8) is 0 Å².